The lowest BCUT2D eigenvalue weighted by atomic mass is 10.0. The minimum atomic E-state index is -0.680. The first kappa shape index (κ1) is 14.1. The third-order valence-corrected chi connectivity index (χ3v) is 4.86. The van der Waals surface area contributed by atoms with Gasteiger partial charge in [-0.2, -0.15) is 0 Å². The molecule has 0 amide bonds. The molecule has 0 aliphatic carbocycles. The van der Waals surface area contributed by atoms with Gasteiger partial charge in [0.1, 0.15) is 0 Å². The molecule has 1 fully saturated rings. The number of nitro benzene ring substituents is 1. The summed E-state index contributed by atoms with van der Waals surface area (Å²) < 4.78 is 11.3. The molecular weight excluding hydrogens is 264 g/mol. The minimum Gasteiger partial charge on any atom is -0.307 e. The molecule has 1 aromatic rings. The van der Waals surface area contributed by atoms with Crippen LogP contribution in [0.25, 0.3) is 0 Å². The van der Waals surface area contributed by atoms with Crippen molar-refractivity contribution in [3.8, 4) is 0 Å². The summed E-state index contributed by atoms with van der Waals surface area (Å²) in [6, 6.07) is 7.04. The van der Waals surface area contributed by atoms with E-state index in [2.05, 4.69) is 5.32 Å². The Morgan fingerprint density at radius 2 is 2.00 bits per heavy atom. The highest BCUT2D eigenvalue weighted by Crippen LogP contribution is 2.25. The van der Waals surface area contributed by atoms with Crippen LogP contribution in [-0.2, 0) is 10.8 Å². The molecule has 0 aromatic heterocycles. The molecule has 0 saturated carbocycles. The third kappa shape index (κ3) is 3.61. The van der Waals surface area contributed by atoms with Crippen molar-refractivity contribution in [2.75, 3.05) is 11.5 Å². The van der Waals surface area contributed by atoms with Crippen LogP contribution < -0.4 is 5.32 Å². The third-order valence-electron chi connectivity index (χ3n) is 3.47. The fraction of sp³-hybridized carbons (Fsp3) is 0.538. The Morgan fingerprint density at radius 3 is 2.63 bits per heavy atom. The van der Waals surface area contributed by atoms with Crippen LogP contribution in [0.2, 0.25) is 0 Å². The van der Waals surface area contributed by atoms with Crippen LogP contribution in [0.1, 0.15) is 31.4 Å². The SMILES string of the molecule is CC(NC1CCS(=O)CC1)c1ccccc1[N+](=O)[O-]. The summed E-state index contributed by atoms with van der Waals surface area (Å²) in [6.07, 6.45) is 1.75. The van der Waals surface area contributed by atoms with Crippen molar-refractivity contribution in [3.05, 3.63) is 39.9 Å². The number of nitrogens with zero attached hydrogens (tertiary/aromatic N) is 1. The number of nitrogens with one attached hydrogen (secondary N) is 1. The highest BCUT2D eigenvalue weighted by molar-refractivity contribution is 7.85. The molecular formula is C13H18N2O3S. The Labute approximate surface area is 115 Å². The summed E-state index contributed by atoms with van der Waals surface area (Å²) in [4.78, 5) is 10.7. The molecule has 0 radical (unpaired) electrons. The normalized spacial score (nSPS) is 24.9. The second kappa shape index (κ2) is 6.25. The van der Waals surface area contributed by atoms with E-state index in [-0.39, 0.29) is 16.7 Å². The zero-order valence-corrected chi connectivity index (χ0v) is 11.7. The standard InChI is InChI=1S/C13H18N2O3S/c1-10(14-11-6-8-19(18)9-7-11)12-4-2-3-5-13(12)15(16)17/h2-5,10-11,14H,6-9H2,1H3. The van der Waals surface area contributed by atoms with Gasteiger partial charge in [0, 0.05) is 46.0 Å². The van der Waals surface area contributed by atoms with E-state index in [1.54, 1.807) is 12.1 Å². The van der Waals surface area contributed by atoms with Gasteiger partial charge in [-0.1, -0.05) is 18.2 Å². The summed E-state index contributed by atoms with van der Waals surface area (Å²) >= 11 is 0. The highest BCUT2D eigenvalue weighted by atomic mass is 32.2. The first-order valence-corrected chi connectivity index (χ1v) is 7.91. The molecule has 104 valence electrons. The molecule has 5 nitrogen and oxygen atoms in total. The van der Waals surface area contributed by atoms with E-state index >= 15 is 0 Å². The average Bonchev–Trinajstić information content (AvgIpc) is 2.41. The van der Waals surface area contributed by atoms with E-state index in [4.69, 9.17) is 0 Å². The predicted octanol–water partition coefficient (Wildman–Crippen LogP) is 2.16. The molecule has 1 saturated heterocycles. The zero-order chi connectivity index (χ0) is 13.8. The lowest BCUT2D eigenvalue weighted by Crippen LogP contribution is -2.37. The van der Waals surface area contributed by atoms with Gasteiger partial charge in [0.15, 0.2) is 0 Å². The number of nitro groups is 1. The van der Waals surface area contributed by atoms with Crippen LogP contribution in [0.15, 0.2) is 24.3 Å². The second-order valence-electron chi connectivity index (χ2n) is 4.83. The Kier molecular flexibility index (Phi) is 4.66. The van der Waals surface area contributed by atoms with Crippen LogP contribution >= 0.6 is 0 Å². The van der Waals surface area contributed by atoms with E-state index in [9.17, 15) is 14.3 Å². The van der Waals surface area contributed by atoms with Crippen molar-refractivity contribution in [1.82, 2.24) is 5.32 Å². The van der Waals surface area contributed by atoms with Gasteiger partial charge in [0.25, 0.3) is 5.69 Å². The van der Waals surface area contributed by atoms with Crippen molar-refractivity contribution in [1.29, 1.82) is 0 Å². The maximum atomic E-state index is 11.3. The van der Waals surface area contributed by atoms with Gasteiger partial charge in [-0.25, -0.2) is 0 Å². The molecule has 1 N–H and O–H groups in total. The summed E-state index contributed by atoms with van der Waals surface area (Å²) in [6.45, 7) is 1.94. The smallest absolute Gasteiger partial charge is 0.274 e. The fourth-order valence-corrected chi connectivity index (χ4v) is 3.72. The maximum absolute atomic E-state index is 11.3. The Hall–Kier alpha value is -1.27. The summed E-state index contributed by atoms with van der Waals surface area (Å²) in [7, 11) is -0.680. The monoisotopic (exact) mass is 282 g/mol. The Morgan fingerprint density at radius 1 is 1.37 bits per heavy atom. The molecule has 6 heteroatoms. The zero-order valence-electron chi connectivity index (χ0n) is 10.9. The number of para-hydroxylation sites is 1. The maximum Gasteiger partial charge on any atom is 0.274 e. The number of rotatable bonds is 4. The summed E-state index contributed by atoms with van der Waals surface area (Å²) in [5.41, 5.74) is 0.862. The van der Waals surface area contributed by atoms with E-state index in [0.717, 1.165) is 24.3 Å². The topological polar surface area (TPSA) is 72.2 Å². The molecule has 1 heterocycles. The summed E-state index contributed by atoms with van der Waals surface area (Å²) in [5.74, 6) is 1.45. The molecule has 1 aliphatic rings. The number of benzene rings is 1. The Bertz CT molecular complexity index is 483. The lowest BCUT2D eigenvalue weighted by molar-refractivity contribution is -0.385. The fourth-order valence-electron chi connectivity index (χ4n) is 2.42. The molecule has 0 spiro atoms. The molecule has 0 bridgehead atoms. The van der Waals surface area contributed by atoms with Gasteiger partial charge in [-0.3, -0.25) is 14.3 Å². The molecule has 1 aromatic carbocycles. The predicted molar refractivity (Wildman–Crippen MR) is 75.5 cm³/mol. The second-order valence-corrected chi connectivity index (χ2v) is 6.52. The number of hydrogen-bond acceptors (Lipinski definition) is 4. The minimum absolute atomic E-state index is 0.0712. The van der Waals surface area contributed by atoms with Crippen LogP contribution in [0.5, 0.6) is 0 Å². The van der Waals surface area contributed by atoms with Gasteiger partial charge in [-0.05, 0) is 19.8 Å². The quantitative estimate of drug-likeness (QED) is 0.678. The van der Waals surface area contributed by atoms with Crippen LogP contribution in [0, 0.1) is 10.1 Å². The van der Waals surface area contributed by atoms with Gasteiger partial charge >= 0.3 is 0 Å². The van der Waals surface area contributed by atoms with E-state index in [1.807, 2.05) is 13.0 Å². The molecule has 19 heavy (non-hydrogen) atoms. The van der Waals surface area contributed by atoms with E-state index in [1.165, 1.54) is 6.07 Å². The first-order chi connectivity index (χ1) is 9.08. The van der Waals surface area contributed by atoms with Crippen molar-refractivity contribution in [2.45, 2.75) is 31.8 Å². The van der Waals surface area contributed by atoms with Crippen LogP contribution in [0.3, 0.4) is 0 Å². The van der Waals surface area contributed by atoms with Crippen molar-refractivity contribution in [3.63, 3.8) is 0 Å². The van der Waals surface area contributed by atoms with Gasteiger partial charge < -0.3 is 5.32 Å². The lowest BCUT2D eigenvalue weighted by Gasteiger charge is -2.26. The highest BCUT2D eigenvalue weighted by Gasteiger charge is 2.23. The van der Waals surface area contributed by atoms with Gasteiger partial charge in [0.2, 0.25) is 0 Å². The summed E-state index contributed by atoms with van der Waals surface area (Å²) in [5, 5.41) is 14.4. The molecule has 1 aliphatic heterocycles. The van der Waals surface area contributed by atoms with E-state index < -0.39 is 10.8 Å². The molecule has 2 rings (SSSR count). The Balaban J connectivity index is 2.05. The number of hydrogen-bond donors (Lipinski definition) is 1. The molecule has 1 unspecified atom stereocenters. The van der Waals surface area contributed by atoms with Crippen LogP contribution in [-0.4, -0.2) is 26.7 Å². The van der Waals surface area contributed by atoms with Crippen molar-refractivity contribution in [2.24, 2.45) is 0 Å². The van der Waals surface area contributed by atoms with E-state index in [0.29, 0.717) is 11.6 Å². The van der Waals surface area contributed by atoms with Crippen molar-refractivity contribution < 1.29 is 9.13 Å². The molecule has 1 atom stereocenters. The van der Waals surface area contributed by atoms with Crippen LogP contribution in [0.4, 0.5) is 5.69 Å². The largest absolute Gasteiger partial charge is 0.307 e. The van der Waals surface area contributed by atoms with Gasteiger partial charge in [0.05, 0.1) is 4.92 Å². The average molecular weight is 282 g/mol. The first-order valence-electron chi connectivity index (χ1n) is 6.42. The van der Waals surface area contributed by atoms with Crippen molar-refractivity contribution >= 4 is 16.5 Å². The van der Waals surface area contributed by atoms with Gasteiger partial charge in [-0.15, -0.1) is 0 Å².